The Kier molecular flexibility index (Phi) is 2.81. The quantitative estimate of drug-likeness (QED) is 0.856. The van der Waals surface area contributed by atoms with Crippen LogP contribution in [0.4, 0.5) is 5.82 Å². The van der Waals surface area contributed by atoms with Gasteiger partial charge in [0.1, 0.15) is 11.6 Å². The van der Waals surface area contributed by atoms with Crippen LogP contribution in [0.5, 0.6) is 5.75 Å². The van der Waals surface area contributed by atoms with E-state index >= 15 is 0 Å². The normalized spacial score (nSPS) is 10.2. The predicted molar refractivity (Wildman–Crippen MR) is 64.7 cm³/mol. The van der Waals surface area contributed by atoms with E-state index in [1.165, 1.54) is 0 Å². The first kappa shape index (κ1) is 10.5. The second-order valence-electron chi connectivity index (χ2n) is 3.52. The summed E-state index contributed by atoms with van der Waals surface area (Å²) in [5.74, 6) is 1.85. The van der Waals surface area contributed by atoms with Crippen LogP contribution in [0, 0.1) is 0 Å². The fourth-order valence-corrected chi connectivity index (χ4v) is 1.60. The molecule has 0 saturated heterocycles. The van der Waals surface area contributed by atoms with Crippen LogP contribution in [0.1, 0.15) is 0 Å². The van der Waals surface area contributed by atoms with Crippen LogP contribution in [0.25, 0.3) is 11.3 Å². The number of hydrogen-bond acceptors (Lipinski definition) is 3. The van der Waals surface area contributed by atoms with Crippen molar-refractivity contribution in [1.82, 2.24) is 9.78 Å². The third kappa shape index (κ3) is 1.86. The number of nitrogens with zero attached hydrogens (tertiary/aromatic N) is 2. The van der Waals surface area contributed by atoms with Gasteiger partial charge < -0.3 is 10.1 Å². The summed E-state index contributed by atoms with van der Waals surface area (Å²) in [7, 11) is 5.46. The summed E-state index contributed by atoms with van der Waals surface area (Å²) in [4.78, 5) is 0. The van der Waals surface area contributed by atoms with Gasteiger partial charge in [-0.2, -0.15) is 5.10 Å². The molecule has 0 aliphatic heterocycles. The number of aromatic nitrogens is 2. The van der Waals surface area contributed by atoms with Crippen molar-refractivity contribution in [2.75, 3.05) is 19.5 Å². The summed E-state index contributed by atoms with van der Waals surface area (Å²) in [6, 6.07) is 9.88. The maximum absolute atomic E-state index is 5.12. The lowest BCUT2D eigenvalue weighted by Crippen LogP contribution is -1.97. The second-order valence-corrected chi connectivity index (χ2v) is 3.52. The Labute approximate surface area is 94.9 Å². The van der Waals surface area contributed by atoms with Gasteiger partial charge >= 0.3 is 0 Å². The zero-order valence-electron chi connectivity index (χ0n) is 9.69. The summed E-state index contributed by atoms with van der Waals surface area (Å²) < 4.78 is 6.94. The average Bonchev–Trinajstić information content (AvgIpc) is 2.71. The van der Waals surface area contributed by atoms with Gasteiger partial charge in [0.15, 0.2) is 0 Å². The van der Waals surface area contributed by atoms with E-state index in [4.69, 9.17) is 4.74 Å². The molecular formula is C12H15N3O. The second kappa shape index (κ2) is 4.26. The molecule has 2 aromatic rings. The molecule has 0 spiro atoms. The molecule has 0 unspecified atom stereocenters. The molecule has 4 heteroatoms. The molecule has 84 valence electrons. The number of hydrogen-bond donors (Lipinski definition) is 1. The van der Waals surface area contributed by atoms with Gasteiger partial charge in [-0.05, 0) is 24.3 Å². The predicted octanol–water partition coefficient (Wildman–Crippen LogP) is 2.14. The SMILES string of the molecule is CNc1cc(-c2ccc(OC)cc2)nn1C. The summed E-state index contributed by atoms with van der Waals surface area (Å²) >= 11 is 0. The molecule has 0 aliphatic carbocycles. The number of anilines is 1. The van der Waals surface area contributed by atoms with Crippen LogP contribution in [0.2, 0.25) is 0 Å². The Balaban J connectivity index is 2.34. The molecule has 1 N–H and O–H groups in total. The van der Waals surface area contributed by atoms with Crippen molar-refractivity contribution in [3.05, 3.63) is 30.3 Å². The summed E-state index contributed by atoms with van der Waals surface area (Å²) in [5.41, 5.74) is 2.03. The van der Waals surface area contributed by atoms with Crippen molar-refractivity contribution >= 4 is 5.82 Å². The topological polar surface area (TPSA) is 39.1 Å². The van der Waals surface area contributed by atoms with Crippen molar-refractivity contribution in [1.29, 1.82) is 0 Å². The Morgan fingerprint density at radius 3 is 2.44 bits per heavy atom. The van der Waals surface area contributed by atoms with Crippen LogP contribution < -0.4 is 10.1 Å². The third-order valence-corrected chi connectivity index (χ3v) is 2.52. The standard InChI is InChI=1S/C12H15N3O/c1-13-12-8-11(14-15(12)2)9-4-6-10(16-3)7-5-9/h4-8,13H,1-3H3. The molecule has 16 heavy (non-hydrogen) atoms. The van der Waals surface area contributed by atoms with Gasteiger partial charge in [0.2, 0.25) is 0 Å². The van der Waals surface area contributed by atoms with E-state index in [1.807, 2.05) is 49.1 Å². The summed E-state index contributed by atoms with van der Waals surface area (Å²) in [6.07, 6.45) is 0. The van der Waals surface area contributed by atoms with Crippen molar-refractivity contribution < 1.29 is 4.74 Å². The minimum absolute atomic E-state index is 0.855. The number of ether oxygens (including phenoxy) is 1. The van der Waals surface area contributed by atoms with E-state index < -0.39 is 0 Å². The molecule has 1 aromatic heterocycles. The summed E-state index contributed by atoms with van der Waals surface area (Å²) in [5, 5.41) is 7.50. The molecular weight excluding hydrogens is 202 g/mol. The molecule has 1 aromatic carbocycles. The third-order valence-electron chi connectivity index (χ3n) is 2.52. The molecule has 0 bridgehead atoms. The molecule has 0 saturated carbocycles. The smallest absolute Gasteiger partial charge is 0.124 e. The van der Waals surface area contributed by atoms with Crippen LogP contribution in [0.15, 0.2) is 30.3 Å². The minimum Gasteiger partial charge on any atom is -0.497 e. The van der Waals surface area contributed by atoms with Crippen molar-refractivity contribution in [2.45, 2.75) is 0 Å². The minimum atomic E-state index is 0.855. The largest absolute Gasteiger partial charge is 0.497 e. The highest BCUT2D eigenvalue weighted by Gasteiger charge is 2.05. The highest BCUT2D eigenvalue weighted by atomic mass is 16.5. The van der Waals surface area contributed by atoms with Crippen molar-refractivity contribution in [2.24, 2.45) is 7.05 Å². The molecule has 0 radical (unpaired) electrons. The van der Waals surface area contributed by atoms with Crippen LogP contribution in [-0.2, 0) is 7.05 Å². The maximum atomic E-state index is 5.12. The Hall–Kier alpha value is -1.97. The van der Waals surface area contributed by atoms with E-state index in [0.29, 0.717) is 0 Å². The number of aryl methyl sites for hydroxylation is 1. The Morgan fingerprint density at radius 1 is 1.25 bits per heavy atom. The van der Waals surface area contributed by atoms with Crippen LogP contribution in [0.3, 0.4) is 0 Å². The number of methoxy groups -OCH3 is 1. The monoisotopic (exact) mass is 217 g/mol. The van der Waals surface area contributed by atoms with Crippen LogP contribution in [-0.4, -0.2) is 23.9 Å². The lowest BCUT2D eigenvalue weighted by atomic mass is 10.1. The molecule has 1 heterocycles. The van der Waals surface area contributed by atoms with E-state index in [0.717, 1.165) is 22.8 Å². The van der Waals surface area contributed by atoms with Crippen molar-refractivity contribution in [3.63, 3.8) is 0 Å². The van der Waals surface area contributed by atoms with Crippen LogP contribution >= 0.6 is 0 Å². The van der Waals surface area contributed by atoms with Gasteiger partial charge in [-0.1, -0.05) is 0 Å². The molecule has 0 atom stereocenters. The molecule has 0 aliphatic rings. The lowest BCUT2D eigenvalue weighted by Gasteiger charge is -2.00. The first-order chi connectivity index (χ1) is 7.74. The average molecular weight is 217 g/mol. The molecule has 4 nitrogen and oxygen atoms in total. The van der Waals surface area contributed by atoms with Gasteiger partial charge in [0, 0.05) is 25.7 Å². The fraction of sp³-hybridized carbons (Fsp3) is 0.250. The maximum Gasteiger partial charge on any atom is 0.124 e. The summed E-state index contributed by atoms with van der Waals surface area (Å²) in [6.45, 7) is 0. The van der Waals surface area contributed by atoms with E-state index in [2.05, 4.69) is 10.4 Å². The highest BCUT2D eigenvalue weighted by Crippen LogP contribution is 2.23. The van der Waals surface area contributed by atoms with Crippen molar-refractivity contribution in [3.8, 4) is 17.0 Å². The molecule has 2 rings (SSSR count). The number of rotatable bonds is 3. The van der Waals surface area contributed by atoms with E-state index in [-0.39, 0.29) is 0 Å². The zero-order valence-corrected chi connectivity index (χ0v) is 9.69. The highest BCUT2D eigenvalue weighted by molar-refractivity contribution is 5.63. The molecule has 0 fully saturated rings. The Bertz CT molecular complexity index is 474. The zero-order chi connectivity index (χ0) is 11.5. The number of nitrogens with one attached hydrogen (secondary N) is 1. The van der Waals surface area contributed by atoms with Gasteiger partial charge in [0.25, 0.3) is 0 Å². The van der Waals surface area contributed by atoms with Gasteiger partial charge in [-0.25, -0.2) is 0 Å². The van der Waals surface area contributed by atoms with E-state index in [1.54, 1.807) is 7.11 Å². The van der Waals surface area contributed by atoms with Gasteiger partial charge in [-0.15, -0.1) is 0 Å². The van der Waals surface area contributed by atoms with Gasteiger partial charge in [0.05, 0.1) is 12.8 Å². The first-order valence-corrected chi connectivity index (χ1v) is 5.11. The fourth-order valence-electron chi connectivity index (χ4n) is 1.60. The Morgan fingerprint density at radius 2 is 1.94 bits per heavy atom. The first-order valence-electron chi connectivity index (χ1n) is 5.11. The van der Waals surface area contributed by atoms with Gasteiger partial charge in [-0.3, -0.25) is 4.68 Å². The van der Waals surface area contributed by atoms with E-state index in [9.17, 15) is 0 Å². The molecule has 0 amide bonds. The number of benzene rings is 1. The lowest BCUT2D eigenvalue weighted by molar-refractivity contribution is 0.415.